The van der Waals surface area contributed by atoms with E-state index in [2.05, 4.69) is 19.2 Å². The lowest BCUT2D eigenvalue weighted by Crippen LogP contribution is -2.43. The van der Waals surface area contributed by atoms with Gasteiger partial charge in [-0.2, -0.15) is 0 Å². The van der Waals surface area contributed by atoms with E-state index >= 15 is 0 Å². The Morgan fingerprint density at radius 2 is 0.719 bits per heavy atom. The highest BCUT2D eigenvalue weighted by Gasteiger charge is 2.28. The van der Waals surface area contributed by atoms with E-state index in [0.29, 0.717) is 12.8 Å². The Morgan fingerprint density at radius 3 is 1.03 bits per heavy atom. The van der Waals surface area contributed by atoms with E-state index < -0.39 is 57.6 Å². The predicted octanol–water partition coefficient (Wildman–Crippen LogP) is 15.0. The highest BCUT2D eigenvalue weighted by Crippen LogP contribution is 2.43. The van der Waals surface area contributed by atoms with Crippen molar-refractivity contribution in [3.05, 3.63) is 0 Å². The molecule has 0 saturated heterocycles. The summed E-state index contributed by atoms with van der Waals surface area (Å²) >= 11 is 0. The second kappa shape index (κ2) is 48.0. The summed E-state index contributed by atoms with van der Waals surface area (Å²) in [5, 5.41) is 22.0. The Hall–Kier alpha value is -1.52. The zero-order valence-corrected chi connectivity index (χ0v) is 42.5. The van der Waals surface area contributed by atoms with E-state index in [1.54, 1.807) is 0 Å². The molecule has 12 heteroatoms. The number of phosphoric ester groups is 1. The summed E-state index contributed by atoms with van der Waals surface area (Å²) in [6.45, 7) is 2.67. The lowest BCUT2D eigenvalue weighted by atomic mass is 10.0. The highest BCUT2D eigenvalue weighted by atomic mass is 31.2. The van der Waals surface area contributed by atoms with E-state index in [9.17, 15) is 34.1 Å². The first kappa shape index (κ1) is 62.5. The van der Waals surface area contributed by atoms with Gasteiger partial charge in [-0.05, 0) is 12.8 Å². The number of carboxylic acids is 1. The Bertz CT molecular complexity index is 1090. The van der Waals surface area contributed by atoms with Crippen LogP contribution in [-0.4, -0.2) is 64.9 Å². The largest absolute Gasteiger partial charge is 0.480 e. The monoisotopic (exact) mass is 932 g/mol. The zero-order chi connectivity index (χ0) is 47.0. The third-order valence-electron chi connectivity index (χ3n) is 12.4. The highest BCUT2D eigenvalue weighted by molar-refractivity contribution is 7.47. The molecule has 0 aliphatic carbocycles. The van der Waals surface area contributed by atoms with Gasteiger partial charge in [-0.1, -0.05) is 258 Å². The van der Waals surface area contributed by atoms with Gasteiger partial charge in [0, 0.05) is 12.8 Å². The molecule has 0 heterocycles. The fourth-order valence-electron chi connectivity index (χ4n) is 8.20. The van der Waals surface area contributed by atoms with Gasteiger partial charge in [0.1, 0.15) is 12.7 Å². The van der Waals surface area contributed by atoms with Gasteiger partial charge in [0.2, 0.25) is 5.91 Å². The van der Waals surface area contributed by atoms with Crippen LogP contribution in [0.5, 0.6) is 0 Å². The maximum Gasteiger partial charge on any atom is 0.472 e. The lowest BCUT2D eigenvalue weighted by Gasteiger charge is -2.18. The van der Waals surface area contributed by atoms with Crippen LogP contribution < -0.4 is 5.32 Å². The molecule has 380 valence electrons. The van der Waals surface area contributed by atoms with Crippen molar-refractivity contribution in [3.63, 3.8) is 0 Å². The molecule has 64 heavy (non-hydrogen) atoms. The third-order valence-corrected chi connectivity index (χ3v) is 13.3. The number of ether oxygens (including phenoxy) is 1. The summed E-state index contributed by atoms with van der Waals surface area (Å²) in [5.41, 5.74) is 0. The number of phosphoric acid groups is 1. The van der Waals surface area contributed by atoms with Crippen molar-refractivity contribution in [2.75, 3.05) is 19.8 Å². The van der Waals surface area contributed by atoms with Crippen molar-refractivity contribution >= 4 is 25.7 Å². The summed E-state index contributed by atoms with van der Waals surface area (Å²) in [6.07, 6.45) is 49.8. The molecule has 4 N–H and O–H groups in total. The number of aliphatic hydroxyl groups is 1. The molecule has 0 rings (SSSR count). The molecule has 3 atom stereocenters. The Labute approximate surface area is 393 Å². The first-order valence-electron chi connectivity index (χ1n) is 27.1. The first-order chi connectivity index (χ1) is 31.1. The quantitative estimate of drug-likeness (QED) is 0.0262. The van der Waals surface area contributed by atoms with Gasteiger partial charge >= 0.3 is 19.8 Å². The number of carbonyl (C=O) groups excluding carboxylic acids is 2. The van der Waals surface area contributed by atoms with Gasteiger partial charge in [0.15, 0.2) is 6.04 Å². The maximum atomic E-state index is 12.4. The SMILES string of the molecule is CCCCCCCCCCCCCCCCCCCCCCC(=O)NC(COP(=O)(O)OCC(O)COC(=O)CCCCCCCCCCCCCCCCCCCCCC)C(=O)O. The van der Waals surface area contributed by atoms with Crippen LogP contribution >= 0.6 is 7.82 Å². The normalized spacial score (nSPS) is 13.4. The Kier molecular flexibility index (Phi) is 46.8. The number of rotatable bonds is 52. The van der Waals surface area contributed by atoms with Gasteiger partial charge in [0.25, 0.3) is 0 Å². The van der Waals surface area contributed by atoms with Crippen molar-refractivity contribution in [2.24, 2.45) is 0 Å². The Balaban J connectivity index is 3.75. The van der Waals surface area contributed by atoms with E-state index in [1.165, 1.54) is 205 Å². The number of carbonyl (C=O) groups is 3. The molecular formula is C52H102NO10P. The molecule has 11 nitrogen and oxygen atoms in total. The lowest BCUT2D eigenvalue weighted by molar-refractivity contribution is -0.147. The van der Waals surface area contributed by atoms with Crippen LogP contribution in [0.3, 0.4) is 0 Å². The summed E-state index contributed by atoms with van der Waals surface area (Å²) in [4.78, 5) is 46.2. The van der Waals surface area contributed by atoms with E-state index in [1.807, 2.05) is 0 Å². The molecule has 0 spiro atoms. The fraction of sp³-hybridized carbons (Fsp3) is 0.942. The molecule has 0 saturated carbocycles. The number of esters is 1. The number of aliphatic hydroxyl groups excluding tert-OH is 1. The zero-order valence-electron chi connectivity index (χ0n) is 41.6. The molecule has 0 aliphatic heterocycles. The summed E-state index contributed by atoms with van der Waals surface area (Å²) in [6, 6.07) is -1.54. The number of hydrogen-bond donors (Lipinski definition) is 4. The number of amides is 1. The molecule has 0 bridgehead atoms. The minimum absolute atomic E-state index is 0.153. The number of hydrogen-bond acceptors (Lipinski definition) is 8. The summed E-state index contributed by atoms with van der Waals surface area (Å²) in [5.74, 6) is -2.34. The maximum absolute atomic E-state index is 12.4. The molecule has 0 radical (unpaired) electrons. The van der Waals surface area contributed by atoms with E-state index in [0.717, 1.165) is 38.5 Å². The van der Waals surface area contributed by atoms with Gasteiger partial charge in [-0.3, -0.25) is 18.6 Å². The number of unbranched alkanes of at least 4 members (excludes halogenated alkanes) is 38. The van der Waals surface area contributed by atoms with Crippen molar-refractivity contribution in [2.45, 2.75) is 296 Å². The van der Waals surface area contributed by atoms with E-state index in [4.69, 9.17) is 13.8 Å². The second-order valence-corrected chi connectivity index (χ2v) is 20.2. The molecule has 0 aromatic carbocycles. The topological polar surface area (TPSA) is 169 Å². The average molecular weight is 932 g/mol. The fourth-order valence-corrected chi connectivity index (χ4v) is 8.97. The molecule has 0 aromatic rings. The van der Waals surface area contributed by atoms with E-state index in [-0.39, 0.29) is 12.8 Å². The number of aliphatic carboxylic acids is 1. The smallest absolute Gasteiger partial charge is 0.472 e. The van der Waals surface area contributed by atoms with Gasteiger partial charge in [0.05, 0.1) is 13.2 Å². The molecule has 0 fully saturated rings. The van der Waals surface area contributed by atoms with Crippen LogP contribution in [0.1, 0.15) is 284 Å². The van der Waals surface area contributed by atoms with Crippen LogP contribution in [0.2, 0.25) is 0 Å². The van der Waals surface area contributed by atoms with Gasteiger partial charge in [-0.15, -0.1) is 0 Å². The van der Waals surface area contributed by atoms with Gasteiger partial charge in [-0.25, -0.2) is 9.36 Å². The average Bonchev–Trinajstić information content (AvgIpc) is 3.27. The molecule has 3 unspecified atom stereocenters. The predicted molar refractivity (Wildman–Crippen MR) is 264 cm³/mol. The molecule has 0 aromatic heterocycles. The van der Waals surface area contributed by atoms with Crippen molar-refractivity contribution in [1.29, 1.82) is 0 Å². The van der Waals surface area contributed by atoms with Crippen LogP contribution in [0.15, 0.2) is 0 Å². The number of carboxylic acid groups (broad SMARTS) is 1. The van der Waals surface area contributed by atoms with Crippen LogP contribution in [0, 0.1) is 0 Å². The Morgan fingerprint density at radius 1 is 0.438 bits per heavy atom. The second-order valence-electron chi connectivity index (χ2n) is 18.8. The summed E-state index contributed by atoms with van der Waals surface area (Å²) in [7, 11) is -4.76. The number of nitrogens with one attached hydrogen (secondary N) is 1. The van der Waals surface area contributed by atoms with Crippen LogP contribution in [0.4, 0.5) is 0 Å². The molecular weight excluding hydrogens is 830 g/mol. The molecule has 0 aliphatic rings. The molecule has 1 amide bonds. The summed E-state index contributed by atoms with van der Waals surface area (Å²) < 4.78 is 27.0. The van der Waals surface area contributed by atoms with Crippen molar-refractivity contribution in [1.82, 2.24) is 5.32 Å². The van der Waals surface area contributed by atoms with Crippen molar-refractivity contribution < 1.29 is 47.8 Å². The first-order valence-corrected chi connectivity index (χ1v) is 28.6. The van der Waals surface area contributed by atoms with Crippen LogP contribution in [0.25, 0.3) is 0 Å². The third kappa shape index (κ3) is 47.0. The van der Waals surface area contributed by atoms with Crippen LogP contribution in [-0.2, 0) is 32.7 Å². The minimum atomic E-state index is -4.76. The van der Waals surface area contributed by atoms with Gasteiger partial charge < -0.3 is 25.2 Å². The standard InChI is InChI=1S/C52H102NO10P/c1-3-5-7-9-11-13-15-17-19-21-23-25-27-29-31-33-35-37-39-41-43-50(55)53-49(52(57)58)47-63-64(59,60)62-46-48(54)45-61-51(56)44-42-40-38-36-34-32-30-28-26-24-22-20-18-16-14-12-10-8-6-4-2/h48-49,54H,3-47H2,1-2H3,(H,53,55)(H,57,58)(H,59,60). The van der Waals surface area contributed by atoms with Crippen molar-refractivity contribution in [3.8, 4) is 0 Å². The minimum Gasteiger partial charge on any atom is -0.480 e.